The maximum atomic E-state index is 12.7. The lowest BCUT2D eigenvalue weighted by molar-refractivity contribution is -0.332. The van der Waals surface area contributed by atoms with Gasteiger partial charge in [0.1, 0.15) is 55.4 Å². The molecule has 0 aromatic carbocycles. The number of esters is 2. The SMILES string of the molecule is CCCCCCCCC/C=C\CCCCCCCCCC(=O)OC(COC(=O)CC)COC1OC(COC2OC(CO)C(O)C(O)C2O)C(O)C(O)C1O. The van der Waals surface area contributed by atoms with E-state index < -0.39 is 92.7 Å². The van der Waals surface area contributed by atoms with Gasteiger partial charge in [-0.25, -0.2) is 0 Å². The quantitative estimate of drug-likeness (QED) is 0.0329. The Morgan fingerprint density at radius 2 is 1.09 bits per heavy atom. The first-order valence-corrected chi connectivity index (χ1v) is 20.3. The molecule has 7 N–H and O–H groups in total. The summed E-state index contributed by atoms with van der Waals surface area (Å²) in [5, 5.41) is 71.1. The monoisotopic (exact) mass is 778 g/mol. The van der Waals surface area contributed by atoms with Gasteiger partial charge in [-0.15, -0.1) is 0 Å². The molecule has 0 aromatic heterocycles. The molecule has 2 aliphatic heterocycles. The molecule has 0 bridgehead atoms. The minimum atomic E-state index is -1.76. The van der Waals surface area contributed by atoms with Crippen molar-refractivity contribution in [1.82, 2.24) is 0 Å². The Morgan fingerprint density at radius 3 is 1.65 bits per heavy atom. The molecule has 15 heteroatoms. The lowest BCUT2D eigenvalue weighted by Gasteiger charge is -2.42. The predicted octanol–water partition coefficient (Wildman–Crippen LogP) is 2.70. The molecule has 54 heavy (non-hydrogen) atoms. The number of rotatable bonds is 29. The van der Waals surface area contributed by atoms with Crippen LogP contribution in [0.4, 0.5) is 0 Å². The summed E-state index contributed by atoms with van der Waals surface area (Å²) in [6, 6.07) is 0. The summed E-state index contributed by atoms with van der Waals surface area (Å²) < 4.78 is 32.7. The number of hydrogen-bond acceptors (Lipinski definition) is 15. The van der Waals surface area contributed by atoms with Crippen LogP contribution in [0.3, 0.4) is 0 Å². The Morgan fingerprint density at radius 1 is 0.593 bits per heavy atom. The highest BCUT2D eigenvalue weighted by molar-refractivity contribution is 5.70. The molecule has 15 nitrogen and oxygen atoms in total. The second kappa shape index (κ2) is 28.6. The number of aliphatic hydroxyl groups excluding tert-OH is 7. The Labute approximate surface area is 320 Å². The first kappa shape index (κ1) is 48.4. The standard InChI is InChI=1S/C39H70O15/c1-3-5-6-7-8-9-10-11-12-13-14-15-16-17-18-19-20-21-22-31(42)52-27(24-49-30(41)4-2)25-50-38-37(48)35(46)33(44)29(54-38)26-51-39-36(47)34(45)32(43)28(23-40)53-39/h12-13,27-29,32-40,43-48H,3-11,14-26H2,1-2H3/b13-12-. The van der Waals surface area contributed by atoms with Crippen molar-refractivity contribution in [1.29, 1.82) is 0 Å². The van der Waals surface area contributed by atoms with Crippen LogP contribution in [-0.4, -0.2) is 142 Å². The highest BCUT2D eigenvalue weighted by Gasteiger charge is 2.47. The van der Waals surface area contributed by atoms with Gasteiger partial charge in [0.25, 0.3) is 0 Å². The molecule has 0 amide bonds. The highest BCUT2D eigenvalue weighted by atomic mass is 16.7. The molecule has 0 radical (unpaired) electrons. The van der Waals surface area contributed by atoms with E-state index in [1.54, 1.807) is 6.92 Å². The maximum Gasteiger partial charge on any atom is 0.306 e. The summed E-state index contributed by atoms with van der Waals surface area (Å²) >= 11 is 0. The first-order chi connectivity index (χ1) is 26.0. The van der Waals surface area contributed by atoms with Crippen molar-refractivity contribution < 1.29 is 73.8 Å². The van der Waals surface area contributed by atoms with E-state index in [4.69, 9.17) is 28.4 Å². The summed E-state index contributed by atoms with van der Waals surface area (Å²) in [7, 11) is 0. The van der Waals surface area contributed by atoms with Crippen LogP contribution in [0.1, 0.15) is 129 Å². The number of ether oxygens (including phenoxy) is 6. The van der Waals surface area contributed by atoms with Gasteiger partial charge < -0.3 is 64.2 Å². The molecule has 2 rings (SSSR count). The van der Waals surface area contributed by atoms with Crippen molar-refractivity contribution in [2.24, 2.45) is 0 Å². The van der Waals surface area contributed by atoms with Crippen molar-refractivity contribution in [3.8, 4) is 0 Å². The normalized spacial score (nSPS) is 29.4. The molecule has 2 saturated heterocycles. The zero-order valence-corrected chi connectivity index (χ0v) is 32.5. The summed E-state index contributed by atoms with van der Waals surface area (Å²) in [6.45, 7) is 1.95. The molecule has 0 spiro atoms. The topological polar surface area (TPSA) is 231 Å². The molecule has 0 aromatic rings. The van der Waals surface area contributed by atoms with Gasteiger partial charge in [-0.05, 0) is 32.1 Å². The predicted molar refractivity (Wildman–Crippen MR) is 197 cm³/mol. The third kappa shape index (κ3) is 18.5. The molecule has 2 fully saturated rings. The molecule has 2 heterocycles. The van der Waals surface area contributed by atoms with Gasteiger partial charge in [0.15, 0.2) is 18.7 Å². The second-order valence-electron chi connectivity index (χ2n) is 14.4. The molecule has 2 aliphatic rings. The Balaban J connectivity index is 1.70. The number of allylic oxidation sites excluding steroid dienone is 2. The number of hydrogen-bond donors (Lipinski definition) is 7. The maximum absolute atomic E-state index is 12.7. The van der Waals surface area contributed by atoms with Crippen LogP contribution in [0.25, 0.3) is 0 Å². The molecule has 0 aliphatic carbocycles. The summed E-state index contributed by atoms with van der Waals surface area (Å²) in [5.41, 5.74) is 0. The molecule has 11 unspecified atom stereocenters. The van der Waals surface area contributed by atoms with Gasteiger partial charge in [-0.1, -0.05) is 96.6 Å². The average molecular weight is 779 g/mol. The van der Waals surface area contributed by atoms with Crippen LogP contribution in [0.5, 0.6) is 0 Å². The smallest absolute Gasteiger partial charge is 0.306 e. The van der Waals surface area contributed by atoms with E-state index in [1.165, 1.54) is 64.2 Å². The molecule has 0 saturated carbocycles. The van der Waals surface area contributed by atoms with E-state index in [-0.39, 0.29) is 26.1 Å². The summed E-state index contributed by atoms with van der Waals surface area (Å²) in [6.07, 6.45) is 6.81. The van der Waals surface area contributed by atoms with Gasteiger partial charge in [0.2, 0.25) is 0 Å². The number of aliphatic hydroxyl groups is 7. The minimum Gasteiger partial charge on any atom is -0.462 e. The zero-order chi connectivity index (χ0) is 39.7. The van der Waals surface area contributed by atoms with Gasteiger partial charge >= 0.3 is 11.9 Å². The molecular weight excluding hydrogens is 708 g/mol. The third-order valence-corrected chi connectivity index (χ3v) is 9.80. The van der Waals surface area contributed by atoms with E-state index in [9.17, 15) is 45.3 Å². The molecule has 11 atom stereocenters. The van der Waals surface area contributed by atoms with Gasteiger partial charge in [-0.2, -0.15) is 0 Å². The van der Waals surface area contributed by atoms with Crippen LogP contribution >= 0.6 is 0 Å². The molecular formula is C39H70O15. The fourth-order valence-corrected chi connectivity index (χ4v) is 6.31. The van der Waals surface area contributed by atoms with Crippen molar-refractivity contribution in [2.45, 2.75) is 197 Å². The lowest BCUT2D eigenvalue weighted by atomic mass is 9.98. The fourth-order valence-electron chi connectivity index (χ4n) is 6.31. The largest absolute Gasteiger partial charge is 0.462 e. The third-order valence-electron chi connectivity index (χ3n) is 9.80. The van der Waals surface area contributed by atoms with Crippen molar-refractivity contribution in [3.63, 3.8) is 0 Å². The highest BCUT2D eigenvalue weighted by Crippen LogP contribution is 2.26. The van der Waals surface area contributed by atoms with Crippen LogP contribution < -0.4 is 0 Å². The van der Waals surface area contributed by atoms with Crippen molar-refractivity contribution in [3.05, 3.63) is 12.2 Å². The Kier molecular flexibility index (Phi) is 25.6. The van der Waals surface area contributed by atoms with E-state index in [1.807, 2.05) is 0 Å². The van der Waals surface area contributed by atoms with E-state index >= 15 is 0 Å². The van der Waals surface area contributed by atoms with E-state index in [2.05, 4.69) is 19.1 Å². The minimum absolute atomic E-state index is 0.0994. The zero-order valence-electron chi connectivity index (χ0n) is 32.5. The van der Waals surface area contributed by atoms with Crippen LogP contribution in [0.2, 0.25) is 0 Å². The van der Waals surface area contributed by atoms with E-state index in [0.29, 0.717) is 6.42 Å². The average Bonchev–Trinajstić information content (AvgIpc) is 3.17. The lowest BCUT2D eigenvalue weighted by Crippen LogP contribution is -2.61. The second-order valence-corrected chi connectivity index (χ2v) is 14.4. The Bertz CT molecular complexity index is 1010. The fraction of sp³-hybridized carbons (Fsp3) is 0.897. The number of carbonyl (C=O) groups is 2. The summed E-state index contributed by atoms with van der Waals surface area (Å²) in [5.74, 6) is -1.03. The van der Waals surface area contributed by atoms with Crippen molar-refractivity contribution in [2.75, 3.05) is 26.4 Å². The number of unbranched alkanes of at least 4 members (excludes halogenated alkanes) is 14. The Hall–Kier alpha value is -1.76. The van der Waals surface area contributed by atoms with Gasteiger partial charge in [0, 0.05) is 12.8 Å². The van der Waals surface area contributed by atoms with Crippen molar-refractivity contribution >= 4 is 11.9 Å². The number of carbonyl (C=O) groups excluding carboxylic acids is 2. The molecule has 316 valence electrons. The van der Waals surface area contributed by atoms with Gasteiger partial charge in [-0.3, -0.25) is 9.59 Å². The van der Waals surface area contributed by atoms with Crippen LogP contribution in [-0.2, 0) is 38.0 Å². The van der Waals surface area contributed by atoms with Crippen LogP contribution in [0.15, 0.2) is 12.2 Å². The first-order valence-electron chi connectivity index (χ1n) is 20.3. The summed E-state index contributed by atoms with van der Waals surface area (Å²) in [4.78, 5) is 24.5. The van der Waals surface area contributed by atoms with E-state index in [0.717, 1.165) is 32.1 Å². The van der Waals surface area contributed by atoms with Crippen LogP contribution in [0, 0.1) is 0 Å². The van der Waals surface area contributed by atoms with Gasteiger partial charge in [0.05, 0.1) is 19.8 Å².